The first-order chi connectivity index (χ1) is 13.5. The van der Waals surface area contributed by atoms with Crippen molar-refractivity contribution in [1.82, 2.24) is 4.90 Å². The lowest BCUT2D eigenvalue weighted by molar-refractivity contribution is -0.170. The van der Waals surface area contributed by atoms with Gasteiger partial charge in [0.15, 0.2) is 0 Å². The highest BCUT2D eigenvalue weighted by atomic mass is 19.1. The molecule has 0 N–H and O–H groups in total. The Hall–Kier alpha value is -2.48. The Labute approximate surface area is 162 Å². The van der Waals surface area contributed by atoms with Crippen LogP contribution in [0.25, 0.3) is 0 Å². The van der Waals surface area contributed by atoms with Gasteiger partial charge in [-0.2, -0.15) is 0 Å². The van der Waals surface area contributed by atoms with Gasteiger partial charge in [-0.1, -0.05) is 30.3 Å². The number of alkyl halides is 1. The Morgan fingerprint density at radius 3 is 2.11 bits per heavy atom. The van der Waals surface area contributed by atoms with Gasteiger partial charge in [-0.05, 0) is 19.4 Å². The maximum atomic E-state index is 16.5. The fourth-order valence-electron chi connectivity index (χ4n) is 3.96. The molecule has 0 spiro atoms. The molecular weight excluding hydrogens is 369 g/mol. The molecule has 1 aliphatic carbocycles. The Bertz CT molecular complexity index is 730. The summed E-state index contributed by atoms with van der Waals surface area (Å²) in [4.78, 5) is 40.2. The van der Waals surface area contributed by atoms with Gasteiger partial charge in [0.25, 0.3) is 5.91 Å². The number of carbonyl (C=O) groups excluding carboxylic acids is 3. The smallest absolute Gasteiger partial charge is 0.328 e. The summed E-state index contributed by atoms with van der Waals surface area (Å²) in [7, 11) is 0. The van der Waals surface area contributed by atoms with E-state index < -0.39 is 34.8 Å². The van der Waals surface area contributed by atoms with E-state index in [2.05, 4.69) is 0 Å². The van der Waals surface area contributed by atoms with Crippen LogP contribution in [-0.2, 0) is 28.6 Å². The summed E-state index contributed by atoms with van der Waals surface area (Å²) in [5.41, 5.74) is -4.76. The number of nitrogens with zero attached hydrogens (tertiary/aromatic N) is 1. The van der Waals surface area contributed by atoms with Gasteiger partial charge in [0, 0.05) is 13.1 Å². The van der Waals surface area contributed by atoms with E-state index in [-0.39, 0.29) is 39.5 Å². The largest absolute Gasteiger partial charge is 0.465 e. The summed E-state index contributed by atoms with van der Waals surface area (Å²) in [6, 6.07) is 8.23. The third-order valence-corrected chi connectivity index (χ3v) is 5.26. The lowest BCUT2D eigenvalue weighted by Gasteiger charge is -2.29. The highest BCUT2D eigenvalue weighted by molar-refractivity contribution is 6.16. The van der Waals surface area contributed by atoms with Crippen molar-refractivity contribution in [2.45, 2.75) is 25.4 Å². The molecule has 1 aromatic carbocycles. The molecule has 152 valence electrons. The van der Waals surface area contributed by atoms with Gasteiger partial charge in [-0.3, -0.25) is 14.4 Å². The molecule has 8 heteroatoms. The first-order valence-electron chi connectivity index (χ1n) is 9.41. The average molecular weight is 393 g/mol. The van der Waals surface area contributed by atoms with Crippen LogP contribution in [0.4, 0.5) is 4.39 Å². The van der Waals surface area contributed by atoms with Crippen molar-refractivity contribution < 1.29 is 33.0 Å². The van der Waals surface area contributed by atoms with Crippen LogP contribution in [0.3, 0.4) is 0 Å². The minimum atomic E-state index is -2.77. The van der Waals surface area contributed by atoms with Crippen LogP contribution < -0.4 is 0 Å². The van der Waals surface area contributed by atoms with Crippen molar-refractivity contribution in [1.29, 1.82) is 0 Å². The highest BCUT2D eigenvalue weighted by Gasteiger charge is 2.92. The van der Waals surface area contributed by atoms with E-state index in [1.54, 1.807) is 44.2 Å². The third kappa shape index (κ3) is 2.87. The number of halogens is 1. The van der Waals surface area contributed by atoms with Crippen molar-refractivity contribution in [2.24, 2.45) is 5.41 Å². The summed E-state index contributed by atoms with van der Waals surface area (Å²) >= 11 is 0. The molecule has 0 radical (unpaired) electrons. The lowest BCUT2D eigenvalue weighted by Crippen LogP contribution is -2.50. The Morgan fingerprint density at radius 1 is 1.07 bits per heavy atom. The minimum Gasteiger partial charge on any atom is -0.465 e. The quantitative estimate of drug-likeness (QED) is 0.538. The summed E-state index contributed by atoms with van der Waals surface area (Å²) < 4.78 is 31.8. The van der Waals surface area contributed by atoms with Crippen LogP contribution in [0.15, 0.2) is 30.3 Å². The molecule has 1 amide bonds. The van der Waals surface area contributed by atoms with Gasteiger partial charge >= 0.3 is 11.9 Å². The molecule has 0 unspecified atom stereocenters. The first-order valence-corrected chi connectivity index (χ1v) is 9.41. The SMILES string of the molecule is CCOC(=O)C1(C(=O)OCC)[C@@H](c2ccccc2)[C@]1(F)C(=O)N1CCOCC1. The monoisotopic (exact) mass is 393 g/mol. The van der Waals surface area contributed by atoms with Gasteiger partial charge < -0.3 is 19.1 Å². The number of hydrogen-bond acceptors (Lipinski definition) is 6. The standard InChI is InChI=1S/C20H24FNO6/c1-3-27-17(24)19(18(25)28-4-2)15(14-8-6-5-7-9-14)20(19,21)16(23)22-10-12-26-13-11-22/h5-9,15H,3-4,10-13H2,1-2H3/t15-,20+/m1/s1. The zero-order valence-electron chi connectivity index (χ0n) is 16.0. The zero-order valence-corrected chi connectivity index (χ0v) is 16.0. The molecule has 1 aliphatic heterocycles. The second-order valence-corrected chi connectivity index (χ2v) is 6.71. The molecule has 2 atom stereocenters. The van der Waals surface area contributed by atoms with E-state index in [1.807, 2.05) is 0 Å². The maximum Gasteiger partial charge on any atom is 0.328 e. The van der Waals surface area contributed by atoms with E-state index in [4.69, 9.17) is 14.2 Å². The zero-order chi connectivity index (χ0) is 20.4. The topological polar surface area (TPSA) is 82.1 Å². The third-order valence-electron chi connectivity index (χ3n) is 5.26. The number of ether oxygens (including phenoxy) is 3. The van der Waals surface area contributed by atoms with Crippen LogP contribution in [0.2, 0.25) is 0 Å². The second-order valence-electron chi connectivity index (χ2n) is 6.71. The van der Waals surface area contributed by atoms with Crippen LogP contribution >= 0.6 is 0 Å². The Kier molecular flexibility index (Phi) is 5.69. The van der Waals surface area contributed by atoms with Crippen molar-refractivity contribution >= 4 is 17.8 Å². The minimum absolute atomic E-state index is 0.0523. The van der Waals surface area contributed by atoms with Crippen LogP contribution in [0.5, 0.6) is 0 Å². The molecule has 0 bridgehead atoms. The maximum absolute atomic E-state index is 16.5. The molecule has 2 aliphatic rings. The lowest BCUT2D eigenvalue weighted by atomic mass is 9.98. The van der Waals surface area contributed by atoms with E-state index in [0.29, 0.717) is 5.56 Å². The molecule has 1 saturated heterocycles. The average Bonchev–Trinajstić information content (AvgIpc) is 3.31. The van der Waals surface area contributed by atoms with Crippen LogP contribution in [0.1, 0.15) is 25.3 Å². The fourth-order valence-corrected chi connectivity index (χ4v) is 3.96. The number of hydrogen-bond donors (Lipinski definition) is 0. The van der Waals surface area contributed by atoms with Gasteiger partial charge in [-0.15, -0.1) is 0 Å². The van der Waals surface area contributed by atoms with Gasteiger partial charge in [-0.25, -0.2) is 4.39 Å². The molecule has 7 nitrogen and oxygen atoms in total. The number of benzene rings is 1. The predicted molar refractivity (Wildman–Crippen MR) is 96.1 cm³/mol. The molecule has 2 fully saturated rings. The van der Waals surface area contributed by atoms with Gasteiger partial charge in [0.2, 0.25) is 11.1 Å². The molecule has 1 saturated carbocycles. The fraction of sp³-hybridized carbons (Fsp3) is 0.550. The molecule has 1 heterocycles. The van der Waals surface area contributed by atoms with E-state index in [1.165, 1.54) is 4.90 Å². The normalized spacial score (nSPS) is 25.7. The summed E-state index contributed by atoms with van der Waals surface area (Å²) in [6.45, 7) is 3.92. The molecular formula is C20H24FNO6. The highest BCUT2D eigenvalue weighted by Crippen LogP contribution is 2.72. The summed E-state index contributed by atoms with van der Waals surface area (Å²) in [6.07, 6.45) is 0. The van der Waals surface area contributed by atoms with E-state index >= 15 is 4.39 Å². The molecule has 28 heavy (non-hydrogen) atoms. The van der Waals surface area contributed by atoms with Gasteiger partial charge in [0.1, 0.15) is 0 Å². The molecule has 0 aromatic heterocycles. The first kappa shape index (κ1) is 20.3. The number of rotatable bonds is 6. The summed E-state index contributed by atoms with van der Waals surface area (Å²) in [5.74, 6) is -4.38. The van der Waals surface area contributed by atoms with Crippen LogP contribution in [0, 0.1) is 5.41 Å². The second kappa shape index (κ2) is 7.87. The number of carbonyl (C=O) groups is 3. The summed E-state index contributed by atoms with van der Waals surface area (Å²) in [5, 5.41) is 0. The number of esters is 2. The van der Waals surface area contributed by atoms with Crippen molar-refractivity contribution in [3.63, 3.8) is 0 Å². The number of amides is 1. The predicted octanol–water partition coefficient (Wildman–Crippen LogP) is 1.46. The van der Waals surface area contributed by atoms with Crippen molar-refractivity contribution in [3.05, 3.63) is 35.9 Å². The van der Waals surface area contributed by atoms with E-state index in [0.717, 1.165) is 0 Å². The van der Waals surface area contributed by atoms with Crippen molar-refractivity contribution in [2.75, 3.05) is 39.5 Å². The van der Waals surface area contributed by atoms with E-state index in [9.17, 15) is 14.4 Å². The Balaban J connectivity index is 2.10. The van der Waals surface area contributed by atoms with Crippen LogP contribution in [-0.4, -0.2) is 67.9 Å². The van der Waals surface area contributed by atoms with Gasteiger partial charge in [0.05, 0.1) is 32.3 Å². The Morgan fingerprint density at radius 2 is 1.61 bits per heavy atom. The number of morpholine rings is 1. The molecule has 3 rings (SSSR count). The van der Waals surface area contributed by atoms with Crippen molar-refractivity contribution in [3.8, 4) is 0 Å². The molecule has 1 aromatic rings.